The van der Waals surface area contributed by atoms with Crippen molar-refractivity contribution in [3.8, 4) is 28.5 Å². The largest absolute Gasteiger partial charge is 0.497 e. The third-order valence-corrected chi connectivity index (χ3v) is 5.14. The van der Waals surface area contributed by atoms with Gasteiger partial charge in [0.1, 0.15) is 5.75 Å². The average Bonchev–Trinajstić information content (AvgIpc) is 3.30. The topological polar surface area (TPSA) is 64.4 Å². The third-order valence-electron chi connectivity index (χ3n) is 4.81. The quantitative estimate of drug-likeness (QED) is 0.341. The maximum atomic E-state index is 13.1. The monoisotopic (exact) mass is 472 g/mol. The van der Waals surface area contributed by atoms with Gasteiger partial charge >= 0.3 is 6.18 Å². The summed E-state index contributed by atoms with van der Waals surface area (Å²) in [5.74, 6) is 0.746. The molecule has 0 atom stereocenters. The Bertz CT molecular complexity index is 1300. The van der Waals surface area contributed by atoms with Crippen LogP contribution in [0.3, 0.4) is 0 Å². The standard InChI is InChI=1S/C24H16ClF3N2O3/c1-32-16-9-6-14(7-10-16)21-13-29-23(33-21)18-5-3-2-4-17(18)22(31)30-15-8-11-20(25)19(12-15)24(26,27)28/h2-13H,1H3,(H,30,31). The van der Waals surface area contributed by atoms with Crippen LogP contribution in [0, 0.1) is 0 Å². The summed E-state index contributed by atoms with van der Waals surface area (Å²) in [4.78, 5) is 17.2. The normalized spacial score (nSPS) is 11.3. The highest BCUT2D eigenvalue weighted by molar-refractivity contribution is 6.31. The van der Waals surface area contributed by atoms with Crippen LogP contribution in [-0.4, -0.2) is 18.0 Å². The summed E-state index contributed by atoms with van der Waals surface area (Å²) in [6.45, 7) is 0. The molecule has 33 heavy (non-hydrogen) atoms. The van der Waals surface area contributed by atoms with Gasteiger partial charge in [-0.25, -0.2) is 4.98 Å². The Balaban J connectivity index is 1.62. The molecule has 1 aromatic heterocycles. The van der Waals surface area contributed by atoms with Crippen molar-refractivity contribution in [2.45, 2.75) is 6.18 Å². The zero-order valence-electron chi connectivity index (χ0n) is 17.1. The van der Waals surface area contributed by atoms with E-state index < -0.39 is 22.7 Å². The van der Waals surface area contributed by atoms with Crippen molar-refractivity contribution in [1.82, 2.24) is 4.98 Å². The molecule has 168 valence electrons. The lowest BCUT2D eigenvalue weighted by atomic mass is 10.1. The lowest BCUT2D eigenvalue weighted by molar-refractivity contribution is -0.137. The Morgan fingerprint density at radius 2 is 1.79 bits per heavy atom. The Labute approximate surface area is 191 Å². The molecule has 4 rings (SSSR count). The number of carbonyl (C=O) groups is 1. The Hall–Kier alpha value is -3.78. The van der Waals surface area contributed by atoms with Crippen molar-refractivity contribution in [3.05, 3.63) is 89.1 Å². The fraction of sp³-hybridized carbons (Fsp3) is 0.0833. The number of anilines is 1. The van der Waals surface area contributed by atoms with Crippen LogP contribution in [0.25, 0.3) is 22.8 Å². The summed E-state index contributed by atoms with van der Waals surface area (Å²) in [6.07, 6.45) is -3.12. The molecule has 9 heteroatoms. The molecule has 0 unspecified atom stereocenters. The van der Waals surface area contributed by atoms with Gasteiger partial charge in [0.2, 0.25) is 5.89 Å². The summed E-state index contributed by atoms with van der Waals surface area (Å²) in [6, 6.07) is 16.8. The number of carbonyl (C=O) groups excluding carboxylic acids is 1. The summed E-state index contributed by atoms with van der Waals surface area (Å²) in [7, 11) is 1.57. The van der Waals surface area contributed by atoms with Crippen LogP contribution < -0.4 is 10.1 Å². The van der Waals surface area contributed by atoms with Crippen LogP contribution in [0.4, 0.5) is 18.9 Å². The molecule has 5 nitrogen and oxygen atoms in total. The van der Waals surface area contributed by atoms with E-state index in [0.717, 1.165) is 17.7 Å². The maximum Gasteiger partial charge on any atom is 0.417 e. The highest BCUT2D eigenvalue weighted by Gasteiger charge is 2.33. The van der Waals surface area contributed by atoms with E-state index >= 15 is 0 Å². The van der Waals surface area contributed by atoms with Crippen LogP contribution in [0.2, 0.25) is 5.02 Å². The van der Waals surface area contributed by atoms with E-state index in [1.807, 2.05) is 0 Å². The van der Waals surface area contributed by atoms with Crippen molar-refractivity contribution in [1.29, 1.82) is 0 Å². The third kappa shape index (κ3) is 4.85. The van der Waals surface area contributed by atoms with Crippen molar-refractivity contribution in [3.63, 3.8) is 0 Å². The summed E-state index contributed by atoms with van der Waals surface area (Å²) in [5.41, 5.74) is 0.256. The van der Waals surface area contributed by atoms with Crippen molar-refractivity contribution < 1.29 is 27.1 Å². The van der Waals surface area contributed by atoms with Crippen molar-refractivity contribution in [2.24, 2.45) is 0 Å². The molecule has 1 amide bonds. The number of oxazole rings is 1. The molecule has 0 spiro atoms. The molecule has 0 bridgehead atoms. The van der Waals surface area contributed by atoms with Crippen LogP contribution in [-0.2, 0) is 6.18 Å². The molecular weight excluding hydrogens is 457 g/mol. The van der Waals surface area contributed by atoms with E-state index in [0.29, 0.717) is 17.1 Å². The van der Waals surface area contributed by atoms with Crippen LogP contribution in [0.15, 0.2) is 77.3 Å². The number of benzene rings is 3. The molecule has 0 aliphatic carbocycles. The molecule has 0 aliphatic heterocycles. The first-order valence-electron chi connectivity index (χ1n) is 9.64. The number of alkyl halides is 3. The van der Waals surface area contributed by atoms with Gasteiger partial charge in [-0.05, 0) is 54.6 Å². The highest BCUT2D eigenvalue weighted by Crippen LogP contribution is 2.36. The SMILES string of the molecule is COc1ccc(-c2cnc(-c3ccccc3C(=O)Nc3ccc(Cl)c(C(F)(F)F)c3)o2)cc1. The highest BCUT2D eigenvalue weighted by atomic mass is 35.5. The van der Waals surface area contributed by atoms with Crippen molar-refractivity contribution >= 4 is 23.2 Å². The first kappa shape index (κ1) is 22.4. The Kier molecular flexibility index (Phi) is 6.11. The first-order chi connectivity index (χ1) is 15.8. The summed E-state index contributed by atoms with van der Waals surface area (Å²) >= 11 is 5.65. The zero-order chi connectivity index (χ0) is 23.6. The van der Waals surface area contributed by atoms with Gasteiger partial charge in [0, 0.05) is 16.8 Å². The fourth-order valence-corrected chi connectivity index (χ4v) is 3.40. The smallest absolute Gasteiger partial charge is 0.417 e. The lowest BCUT2D eigenvalue weighted by Gasteiger charge is -2.12. The predicted octanol–water partition coefficient (Wildman–Crippen LogP) is 6.94. The summed E-state index contributed by atoms with van der Waals surface area (Å²) < 4.78 is 50.4. The number of aromatic nitrogens is 1. The number of hydrogen-bond donors (Lipinski definition) is 1. The first-order valence-corrected chi connectivity index (χ1v) is 10.0. The molecule has 1 N–H and O–H groups in total. The minimum atomic E-state index is -4.65. The van der Waals surface area contributed by atoms with E-state index in [2.05, 4.69) is 10.3 Å². The second-order valence-electron chi connectivity index (χ2n) is 6.95. The van der Waals surface area contributed by atoms with Crippen molar-refractivity contribution in [2.75, 3.05) is 12.4 Å². The number of halogens is 4. The number of methoxy groups -OCH3 is 1. The van der Waals surface area contributed by atoms with Crippen LogP contribution in [0.1, 0.15) is 15.9 Å². The Morgan fingerprint density at radius 1 is 1.06 bits per heavy atom. The molecule has 0 saturated carbocycles. The van der Waals surface area contributed by atoms with Gasteiger partial charge in [0.25, 0.3) is 5.91 Å². The van der Waals surface area contributed by atoms with Gasteiger partial charge in [-0.15, -0.1) is 0 Å². The molecular formula is C24H16ClF3N2O3. The molecule has 0 fully saturated rings. The molecule has 1 heterocycles. The maximum absolute atomic E-state index is 13.1. The molecule has 4 aromatic rings. The number of ether oxygens (including phenoxy) is 1. The minimum Gasteiger partial charge on any atom is -0.497 e. The van der Waals surface area contributed by atoms with Gasteiger partial charge < -0.3 is 14.5 Å². The van der Waals surface area contributed by atoms with Gasteiger partial charge in [-0.3, -0.25) is 4.79 Å². The number of nitrogens with zero attached hydrogens (tertiary/aromatic N) is 1. The minimum absolute atomic E-state index is 0.0437. The van der Waals surface area contributed by atoms with Gasteiger partial charge in [0.05, 0.1) is 29.5 Å². The second kappa shape index (κ2) is 8.99. The molecule has 0 saturated heterocycles. The lowest BCUT2D eigenvalue weighted by Crippen LogP contribution is -2.14. The number of nitrogens with one attached hydrogen (secondary N) is 1. The van der Waals surface area contributed by atoms with E-state index in [1.54, 1.807) is 49.6 Å². The van der Waals surface area contributed by atoms with E-state index in [1.165, 1.54) is 18.3 Å². The van der Waals surface area contributed by atoms with Crippen LogP contribution >= 0.6 is 11.6 Å². The molecule has 3 aromatic carbocycles. The molecule has 0 radical (unpaired) electrons. The average molecular weight is 473 g/mol. The second-order valence-corrected chi connectivity index (χ2v) is 7.36. The zero-order valence-corrected chi connectivity index (χ0v) is 17.9. The molecule has 0 aliphatic rings. The fourth-order valence-electron chi connectivity index (χ4n) is 3.17. The van der Waals surface area contributed by atoms with E-state index in [4.69, 9.17) is 20.8 Å². The van der Waals surface area contributed by atoms with E-state index in [9.17, 15) is 18.0 Å². The number of rotatable bonds is 5. The predicted molar refractivity (Wildman–Crippen MR) is 118 cm³/mol. The number of hydrogen-bond acceptors (Lipinski definition) is 4. The van der Waals surface area contributed by atoms with Gasteiger partial charge in [-0.2, -0.15) is 13.2 Å². The Morgan fingerprint density at radius 3 is 2.48 bits per heavy atom. The van der Waals surface area contributed by atoms with Gasteiger partial charge in [-0.1, -0.05) is 23.7 Å². The summed E-state index contributed by atoms with van der Waals surface area (Å²) in [5, 5.41) is 2.03. The van der Waals surface area contributed by atoms with Crippen LogP contribution in [0.5, 0.6) is 5.75 Å². The number of amides is 1. The van der Waals surface area contributed by atoms with E-state index in [-0.39, 0.29) is 17.1 Å². The van der Waals surface area contributed by atoms with Gasteiger partial charge in [0.15, 0.2) is 5.76 Å².